The summed E-state index contributed by atoms with van der Waals surface area (Å²) in [6.45, 7) is 0.543. The quantitative estimate of drug-likeness (QED) is 0.0418. The Kier molecular flexibility index (Phi) is 20.3. The fourth-order valence-corrected chi connectivity index (χ4v) is 10.6. The molecule has 13 nitrogen and oxygen atoms in total. The molecule has 0 aromatic heterocycles. The van der Waals surface area contributed by atoms with Crippen LogP contribution in [0.4, 0.5) is 0 Å². The van der Waals surface area contributed by atoms with Crippen LogP contribution < -0.4 is 0 Å². The van der Waals surface area contributed by atoms with Crippen molar-refractivity contribution in [3.63, 3.8) is 0 Å². The second-order valence-corrected chi connectivity index (χ2v) is 20.5. The zero-order chi connectivity index (χ0) is 55.4. The van der Waals surface area contributed by atoms with Gasteiger partial charge in [-0.05, 0) is 70.8 Å². The van der Waals surface area contributed by atoms with Crippen LogP contribution in [-0.4, -0.2) is 91.7 Å². The van der Waals surface area contributed by atoms with Crippen molar-refractivity contribution in [3.8, 4) is 0 Å². The van der Waals surface area contributed by atoms with E-state index in [1.807, 2.05) is 152 Å². The Morgan fingerprint density at radius 1 is 0.333 bits per heavy atom. The third kappa shape index (κ3) is 15.8. The molecule has 14 heteroatoms. The Morgan fingerprint density at radius 2 is 0.691 bits per heavy atom. The molecule has 2 aliphatic heterocycles. The van der Waals surface area contributed by atoms with Crippen LogP contribution in [0.15, 0.2) is 248 Å². The highest BCUT2D eigenvalue weighted by molar-refractivity contribution is 7.99. The van der Waals surface area contributed by atoms with Crippen LogP contribution in [0.2, 0.25) is 0 Å². The first kappa shape index (κ1) is 56.5. The maximum atomic E-state index is 14.5. The Balaban J connectivity index is 1.04. The first-order valence-electron chi connectivity index (χ1n) is 26.9. The van der Waals surface area contributed by atoms with Crippen molar-refractivity contribution in [1.82, 2.24) is 0 Å². The molecule has 0 aliphatic carbocycles. The highest BCUT2D eigenvalue weighted by Crippen LogP contribution is 2.40. The molecule has 2 heterocycles. The molecule has 0 saturated carbocycles. The first-order valence-corrected chi connectivity index (χ1v) is 27.8. The average Bonchev–Trinajstić information content (AvgIpc) is 3.55. The molecule has 8 aromatic carbocycles. The van der Waals surface area contributed by atoms with Crippen LogP contribution in [0.5, 0.6) is 0 Å². The highest BCUT2D eigenvalue weighted by Gasteiger charge is 2.55. The summed E-state index contributed by atoms with van der Waals surface area (Å²) in [5, 5.41) is 0. The van der Waals surface area contributed by atoms with Gasteiger partial charge in [-0.3, -0.25) is 0 Å². The van der Waals surface area contributed by atoms with Gasteiger partial charge in [-0.25, -0.2) is 14.4 Å². The number of thioether (sulfide) groups is 1. The Bertz CT molecular complexity index is 3150. The summed E-state index contributed by atoms with van der Waals surface area (Å²) in [6, 6.07) is 73.9. The lowest BCUT2D eigenvalue weighted by Gasteiger charge is -2.47. The van der Waals surface area contributed by atoms with Gasteiger partial charge in [0.1, 0.15) is 36.0 Å². The van der Waals surface area contributed by atoms with Crippen LogP contribution in [-0.2, 0) is 73.8 Å². The topological polar surface area (TPSA) is 144 Å². The molecule has 10 atom stereocenters. The van der Waals surface area contributed by atoms with Gasteiger partial charge >= 0.3 is 17.9 Å². The summed E-state index contributed by atoms with van der Waals surface area (Å²) in [6.07, 6.45) is -10.1. The van der Waals surface area contributed by atoms with E-state index in [2.05, 4.69) is 0 Å². The third-order valence-electron chi connectivity index (χ3n) is 13.6. The molecule has 0 bridgehead atoms. The second-order valence-electron chi connectivity index (χ2n) is 19.3. The van der Waals surface area contributed by atoms with Gasteiger partial charge in [0.05, 0.1) is 56.3 Å². The van der Waals surface area contributed by atoms with Gasteiger partial charge in [-0.1, -0.05) is 206 Å². The largest absolute Gasteiger partial charge is 0.452 e. The van der Waals surface area contributed by atoms with E-state index in [0.717, 1.165) is 27.1 Å². The van der Waals surface area contributed by atoms with Crippen molar-refractivity contribution >= 4 is 29.7 Å². The van der Waals surface area contributed by atoms with Crippen molar-refractivity contribution in [3.05, 3.63) is 282 Å². The van der Waals surface area contributed by atoms with Crippen molar-refractivity contribution in [2.75, 3.05) is 13.2 Å². The van der Waals surface area contributed by atoms with Crippen LogP contribution in [0.1, 0.15) is 53.3 Å². The minimum Gasteiger partial charge on any atom is -0.452 e. The number of hydrogen-bond acceptors (Lipinski definition) is 14. The minimum absolute atomic E-state index is 0.0593. The predicted octanol–water partition coefficient (Wildman–Crippen LogP) is 11.9. The third-order valence-corrected chi connectivity index (χ3v) is 14.8. The van der Waals surface area contributed by atoms with Gasteiger partial charge < -0.3 is 47.4 Å². The van der Waals surface area contributed by atoms with E-state index in [1.165, 1.54) is 11.8 Å². The number of benzene rings is 8. The van der Waals surface area contributed by atoms with Gasteiger partial charge in [0.15, 0.2) is 24.6 Å². The normalized spacial score (nSPS) is 22.5. The molecule has 81 heavy (non-hydrogen) atoms. The van der Waals surface area contributed by atoms with Crippen molar-refractivity contribution in [1.29, 1.82) is 0 Å². The van der Waals surface area contributed by atoms with E-state index < -0.39 is 78.5 Å². The number of carbonyl (C=O) groups is 3. The lowest BCUT2D eigenvalue weighted by molar-refractivity contribution is -0.335. The smallest absolute Gasteiger partial charge is 0.338 e. The summed E-state index contributed by atoms with van der Waals surface area (Å²) in [4.78, 5) is 44.0. The minimum atomic E-state index is -1.48. The molecule has 10 rings (SSSR count). The SMILES string of the molecule is O=C(O[C@H]1[C@@H](OC(=O)c2ccccc2)[C@@H](COC2O[C@H](COCc3ccccc3)[C@H](OCc3ccccc3)[C@H](OCc3ccccc3)[C@H]2OCc2ccccc2)O[C@@H](Sc2ccccc2)[C@@H]1OC(=O)c1ccccc1)c1ccccc1. The Hall–Kier alpha value is -7.76. The van der Waals surface area contributed by atoms with Crippen molar-refractivity contribution in [2.45, 2.75) is 91.9 Å². The van der Waals surface area contributed by atoms with E-state index in [9.17, 15) is 14.4 Å². The van der Waals surface area contributed by atoms with Crippen LogP contribution in [0.3, 0.4) is 0 Å². The zero-order valence-corrected chi connectivity index (χ0v) is 45.1. The number of ether oxygens (including phenoxy) is 10. The lowest BCUT2D eigenvalue weighted by Crippen LogP contribution is -2.64. The Morgan fingerprint density at radius 3 is 1.15 bits per heavy atom. The van der Waals surface area contributed by atoms with E-state index in [0.29, 0.717) is 0 Å². The molecule has 2 saturated heterocycles. The number of rotatable bonds is 24. The summed E-state index contributed by atoms with van der Waals surface area (Å²) < 4.78 is 67.9. The maximum Gasteiger partial charge on any atom is 0.338 e. The maximum absolute atomic E-state index is 14.5. The molecule has 1 unspecified atom stereocenters. The second kappa shape index (κ2) is 29.1. The molecular formula is C67H62O13S. The van der Waals surface area contributed by atoms with Crippen LogP contribution >= 0.6 is 11.8 Å². The van der Waals surface area contributed by atoms with Gasteiger partial charge in [0, 0.05) is 4.90 Å². The van der Waals surface area contributed by atoms with E-state index in [1.54, 1.807) is 91.0 Å². The molecule has 2 aliphatic rings. The molecule has 2 fully saturated rings. The van der Waals surface area contributed by atoms with Gasteiger partial charge in [-0.2, -0.15) is 0 Å². The number of hydrogen-bond donors (Lipinski definition) is 0. The zero-order valence-electron chi connectivity index (χ0n) is 44.3. The molecule has 0 N–H and O–H groups in total. The monoisotopic (exact) mass is 1110 g/mol. The number of esters is 3. The lowest BCUT2D eigenvalue weighted by atomic mass is 9.97. The van der Waals surface area contributed by atoms with Gasteiger partial charge in [-0.15, -0.1) is 0 Å². The van der Waals surface area contributed by atoms with Crippen molar-refractivity contribution < 1.29 is 61.8 Å². The molecule has 0 spiro atoms. The van der Waals surface area contributed by atoms with E-state index in [-0.39, 0.29) is 56.3 Å². The van der Waals surface area contributed by atoms with Crippen LogP contribution in [0.25, 0.3) is 0 Å². The van der Waals surface area contributed by atoms with Gasteiger partial charge in [0.2, 0.25) is 0 Å². The predicted molar refractivity (Wildman–Crippen MR) is 304 cm³/mol. The Labute approximate surface area is 475 Å². The summed E-state index contributed by atoms with van der Waals surface area (Å²) in [7, 11) is 0. The fraction of sp³-hybridized carbons (Fsp3) is 0.239. The van der Waals surface area contributed by atoms with Crippen molar-refractivity contribution in [2.24, 2.45) is 0 Å². The standard InChI is InChI=1S/C67H62O13S/c68-63(51-33-17-5-18-34-51)78-58-56(77-67(81-54-39-23-8-24-40-54)62(80-65(70)53-37-21-7-22-38-53)60(58)79-64(69)52-35-19-6-20-36-52)46-75-66-61(74-44-50-31-15-4-16-32-50)59(73-43-49-29-13-3-14-30-49)57(72-42-48-27-11-2-12-28-48)55(76-66)45-71-41-47-25-9-1-10-26-47/h1-40,55-62,66-67H,41-46H2/t55-,56-,57+,58+,59+,60+,61-,62-,66?,67+/m1/s1. The van der Waals surface area contributed by atoms with E-state index in [4.69, 9.17) is 47.4 Å². The molecule has 0 radical (unpaired) electrons. The summed E-state index contributed by atoms with van der Waals surface area (Å²) >= 11 is 1.25. The number of carbonyl (C=O) groups excluding carboxylic acids is 3. The summed E-state index contributed by atoms with van der Waals surface area (Å²) in [5.74, 6) is -2.22. The van der Waals surface area contributed by atoms with E-state index >= 15 is 0 Å². The molecule has 0 amide bonds. The fourth-order valence-electron chi connectivity index (χ4n) is 9.51. The van der Waals surface area contributed by atoms with Crippen LogP contribution in [0, 0.1) is 0 Å². The summed E-state index contributed by atoms with van der Waals surface area (Å²) in [5.41, 5.74) is 3.30. The molecule has 414 valence electrons. The molecule has 8 aromatic rings. The highest BCUT2D eigenvalue weighted by atomic mass is 32.2. The first-order chi connectivity index (χ1) is 39.9. The average molecular weight is 1110 g/mol. The van der Waals surface area contributed by atoms with Gasteiger partial charge in [0.25, 0.3) is 0 Å². The molecular weight excluding hydrogens is 1040 g/mol.